The van der Waals surface area contributed by atoms with Crippen molar-refractivity contribution >= 4 is 5.97 Å². The Morgan fingerprint density at radius 3 is 3.00 bits per heavy atom. The van der Waals surface area contributed by atoms with Gasteiger partial charge in [0, 0.05) is 6.42 Å². The van der Waals surface area contributed by atoms with Crippen LogP contribution in [0.5, 0.6) is 0 Å². The van der Waals surface area contributed by atoms with E-state index in [9.17, 15) is 4.79 Å². The van der Waals surface area contributed by atoms with E-state index in [0.29, 0.717) is 6.61 Å². The summed E-state index contributed by atoms with van der Waals surface area (Å²) in [6, 6.07) is 7.19. The van der Waals surface area contributed by atoms with Crippen LogP contribution in [0.2, 0.25) is 0 Å². The van der Waals surface area contributed by atoms with Gasteiger partial charge in [-0.1, -0.05) is 24.3 Å². The first kappa shape index (κ1) is 9.18. The highest BCUT2D eigenvalue weighted by atomic mass is 16.5. The topological polar surface area (TPSA) is 64.3 Å². The summed E-state index contributed by atoms with van der Waals surface area (Å²) in [6.45, 7) is 0.425. The molecule has 2 rings (SSSR count). The monoisotopic (exact) mass is 192 g/mol. The highest BCUT2D eigenvalue weighted by molar-refractivity contribution is 5.78. The first-order chi connectivity index (χ1) is 6.83. The number of carbonyl (C=O) groups excluding carboxylic acids is 1. The van der Waals surface area contributed by atoms with Gasteiger partial charge in [0.15, 0.2) is 0 Å². The predicted octanol–water partition coefficient (Wildman–Crippen LogP) is 0.290. The van der Waals surface area contributed by atoms with Crippen molar-refractivity contribution in [2.75, 3.05) is 6.61 Å². The molecule has 1 aliphatic rings. The van der Waals surface area contributed by atoms with E-state index in [-0.39, 0.29) is 5.97 Å². The van der Waals surface area contributed by atoms with Gasteiger partial charge in [-0.15, -0.1) is 0 Å². The van der Waals surface area contributed by atoms with Gasteiger partial charge in [0.05, 0.1) is 6.61 Å². The Labute approximate surface area is 82.0 Å². The van der Waals surface area contributed by atoms with Crippen LogP contribution >= 0.6 is 0 Å². The van der Waals surface area contributed by atoms with Gasteiger partial charge in [0.2, 0.25) is 0 Å². The number of nitrogens with two attached hydrogens (primary N) is 1. The third-order valence-corrected chi connectivity index (χ3v) is 2.38. The molecule has 0 saturated carbocycles. The molecule has 0 bridgehead atoms. The Kier molecular flexibility index (Phi) is 2.47. The quantitative estimate of drug-likeness (QED) is 0.381. The second-order valence-corrected chi connectivity index (χ2v) is 3.22. The van der Waals surface area contributed by atoms with Gasteiger partial charge < -0.3 is 4.74 Å². The summed E-state index contributed by atoms with van der Waals surface area (Å²) >= 11 is 0. The number of hydrazine groups is 1. The Bertz CT molecular complexity index is 352. The number of ether oxygens (including phenoxy) is 1. The standard InChI is InChI=1S/C10H12N2O2/c11-12-9-8-4-2-1-3-7(8)5-6-14-10(9)13/h1-4,9,12H,5-6,11H2. The Morgan fingerprint density at radius 2 is 2.21 bits per heavy atom. The lowest BCUT2D eigenvalue weighted by Crippen LogP contribution is -2.34. The number of hydrogen-bond acceptors (Lipinski definition) is 4. The molecule has 1 atom stereocenters. The van der Waals surface area contributed by atoms with E-state index in [1.807, 2.05) is 24.3 Å². The van der Waals surface area contributed by atoms with Crippen molar-refractivity contribution in [3.8, 4) is 0 Å². The number of benzene rings is 1. The zero-order valence-electron chi connectivity index (χ0n) is 7.69. The molecule has 0 amide bonds. The molecule has 0 aromatic heterocycles. The van der Waals surface area contributed by atoms with Crippen molar-refractivity contribution in [1.82, 2.24) is 5.43 Å². The number of fused-ring (bicyclic) bond motifs is 1. The average molecular weight is 192 g/mol. The minimum absolute atomic E-state index is 0.308. The van der Waals surface area contributed by atoms with E-state index in [0.717, 1.165) is 17.5 Å². The van der Waals surface area contributed by atoms with Crippen LogP contribution in [-0.4, -0.2) is 12.6 Å². The lowest BCUT2D eigenvalue weighted by molar-refractivity contribution is -0.145. The van der Waals surface area contributed by atoms with E-state index in [2.05, 4.69) is 5.43 Å². The molecule has 4 heteroatoms. The molecule has 3 N–H and O–H groups in total. The minimum atomic E-state index is -0.534. The summed E-state index contributed by atoms with van der Waals surface area (Å²) in [5.74, 6) is 5.02. The molecule has 0 radical (unpaired) electrons. The van der Waals surface area contributed by atoms with Gasteiger partial charge in [0.1, 0.15) is 6.04 Å². The maximum atomic E-state index is 11.4. The molecule has 1 aromatic rings. The molecular formula is C10H12N2O2. The summed E-state index contributed by atoms with van der Waals surface area (Å²) in [5.41, 5.74) is 4.50. The van der Waals surface area contributed by atoms with Gasteiger partial charge in [0.25, 0.3) is 0 Å². The molecule has 0 saturated heterocycles. The van der Waals surface area contributed by atoms with Crippen molar-refractivity contribution in [1.29, 1.82) is 0 Å². The molecule has 0 fully saturated rings. The third-order valence-electron chi connectivity index (χ3n) is 2.38. The van der Waals surface area contributed by atoms with E-state index >= 15 is 0 Å². The Hall–Kier alpha value is -1.39. The van der Waals surface area contributed by atoms with Gasteiger partial charge >= 0.3 is 5.97 Å². The number of nitrogens with one attached hydrogen (secondary N) is 1. The van der Waals surface area contributed by atoms with Gasteiger partial charge in [-0.05, 0) is 11.1 Å². The van der Waals surface area contributed by atoms with Crippen LogP contribution < -0.4 is 11.3 Å². The third kappa shape index (κ3) is 1.49. The van der Waals surface area contributed by atoms with Crippen LogP contribution in [0.15, 0.2) is 24.3 Å². The fraction of sp³-hybridized carbons (Fsp3) is 0.300. The van der Waals surface area contributed by atoms with Gasteiger partial charge in [-0.3, -0.25) is 5.84 Å². The molecule has 1 unspecified atom stereocenters. The highest BCUT2D eigenvalue weighted by Crippen LogP contribution is 2.22. The highest BCUT2D eigenvalue weighted by Gasteiger charge is 2.25. The lowest BCUT2D eigenvalue weighted by atomic mass is 10.00. The van der Waals surface area contributed by atoms with Crippen LogP contribution in [0.1, 0.15) is 17.2 Å². The van der Waals surface area contributed by atoms with Crippen molar-refractivity contribution in [2.45, 2.75) is 12.5 Å². The largest absolute Gasteiger partial charge is 0.464 e. The molecule has 4 nitrogen and oxygen atoms in total. The molecule has 74 valence electrons. The molecule has 0 spiro atoms. The van der Waals surface area contributed by atoms with Gasteiger partial charge in [-0.2, -0.15) is 0 Å². The lowest BCUT2D eigenvalue weighted by Gasteiger charge is -2.13. The first-order valence-corrected chi connectivity index (χ1v) is 4.53. The van der Waals surface area contributed by atoms with Crippen molar-refractivity contribution in [3.63, 3.8) is 0 Å². The Balaban J connectivity index is 2.44. The van der Waals surface area contributed by atoms with E-state index < -0.39 is 6.04 Å². The first-order valence-electron chi connectivity index (χ1n) is 4.53. The number of rotatable bonds is 1. The Morgan fingerprint density at radius 1 is 1.43 bits per heavy atom. The van der Waals surface area contributed by atoms with Crippen molar-refractivity contribution < 1.29 is 9.53 Å². The fourth-order valence-corrected chi connectivity index (χ4v) is 1.67. The second-order valence-electron chi connectivity index (χ2n) is 3.22. The van der Waals surface area contributed by atoms with Crippen LogP contribution in [0.25, 0.3) is 0 Å². The molecule has 1 aliphatic heterocycles. The van der Waals surface area contributed by atoms with Crippen molar-refractivity contribution in [2.24, 2.45) is 5.84 Å². The normalized spacial score (nSPS) is 20.9. The molecule has 1 heterocycles. The van der Waals surface area contributed by atoms with E-state index in [1.54, 1.807) is 0 Å². The molecule has 0 aliphatic carbocycles. The van der Waals surface area contributed by atoms with Crippen LogP contribution in [-0.2, 0) is 16.0 Å². The zero-order chi connectivity index (χ0) is 9.97. The summed E-state index contributed by atoms with van der Waals surface area (Å²) in [5, 5.41) is 0. The van der Waals surface area contributed by atoms with Crippen LogP contribution in [0.4, 0.5) is 0 Å². The zero-order valence-corrected chi connectivity index (χ0v) is 7.69. The summed E-state index contributed by atoms with van der Waals surface area (Å²) in [4.78, 5) is 11.4. The molecule has 14 heavy (non-hydrogen) atoms. The minimum Gasteiger partial charge on any atom is -0.464 e. The summed E-state index contributed by atoms with van der Waals surface area (Å²) in [6.07, 6.45) is 0.750. The molecular weight excluding hydrogens is 180 g/mol. The van der Waals surface area contributed by atoms with Crippen LogP contribution in [0.3, 0.4) is 0 Å². The predicted molar refractivity (Wildman–Crippen MR) is 51.2 cm³/mol. The second kappa shape index (κ2) is 3.77. The van der Waals surface area contributed by atoms with Crippen LogP contribution in [0, 0.1) is 0 Å². The number of esters is 1. The van der Waals surface area contributed by atoms with E-state index in [4.69, 9.17) is 10.6 Å². The molecule has 1 aromatic carbocycles. The number of carbonyl (C=O) groups is 1. The maximum Gasteiger partial charge on any atom is 0.329 e. The SMILES string of the molecule is NNC1C(=O)OCCc2ccccc21. The number of cyclic esters (lactones) is 1. The smallest absolute Gasteiger partial charge is 0.329 e. The fourth-order valence-electron chi connectivity index (χ4n) is 1.67. The average Bonchev–Trinajstić information content (AvgIpc) is 2.36. The summed E-state index contributed by atoms with van der Waals surface area (Å²) < 4.78 is 5.01. The van der Waals surface area contributed by atoms with E-state index in [1.165, 1.54) is 0 Å². The summed E-state index contributed by atoms with van der Waals surface area (Å²) in [7, 11) is 0. The number of hydrogen-bond donors (Lipinski definition) is 2. The maximum absolute atomic E-state index is 11.4. The van der Waals surface area contributed by atoms with Gasteiger partial charge in [-0.25, -0.2) is 10.2 Å². The van der Waals surface area contributed by atoms with Crippen molar-refractivity contribution in [3.05, 3.63) is 35.4 Å².